The first-order valence-electron chi connectivity index (χ1n) is 12.9. The molecule has 0 N–H and O–H groups in total. The van der Waals surface area contributed by atoms with Crippen molar-refractivity contribution in [3.05, 3.63) is 114 Å². The molecule has 38 heavy (non-hydrogen) atoms. The van der Waals surface area contributed by atoms with Crippen molar-refractivity contribution in [3.8, 4) is 0 Å². The second-order valence-electron chi connectivity index (χ2n) is 9.01. The van der Waals surface area contributed by atoms with Gasteiger partial charge < -0.3 is 0 Å². The van der Waals surface area contributed by atoms with Gasteiger partial charge in [-0.2, -0.15) is 0 Å². The van der Waals surface area contributed by atoms with Crippen LogP contribution in [-0.4, -0.2) is 21.3 Å². The molecule has 8 heteroatoms. The van der Waals surface area contributed by atoms with Gasteiger partial charge in [-0.15, -0.1) is 0 Å². The lowest BCUT2D eigenvalue weighted by Gasteiger charge is -2.10. The molecule has 0 unspecified atom stereocenters. The van der Waals surface area contributed by atoms with Gasteiger partial charge in [0, 0.05) is 24.3 Å². The maximum absolute atomic E-state index is 11.0. The first-order chi connectivity index (χ1) is 18.3. The molecule has 4 rings (SSSR count). The molecule has 0 amide bonds. The summed E-state index contributed by atoms with van der Waals surface area (Å²) in [5.74, 6) is 0. The highest BCUT2D eigenvalue weighted by molar-refractivity contribution is 6.55. The monoisotopic (exact) mass is 510 g/mol. The van der Waals surface area contributed by atoms with Gasteiger partial charge in [0.25, 0.3) is 11.4 Å². The molecule has 8 nitrogen and oxygen atoms in total. The summed E-state index contributed by atoms with van der Waals surface area (Å²) < 4.78 is 0. The van der Waals surface area contributed by atoms with Crippen LogP contribution in [0.15, 0.2) is 92.2 Å². The van der Waals surface area contributed by atoms with Crippen molar-refractivity contribution < 1.29 is 9.85 Å². The fourth-order valence-corrected chi connectivity index (χ4v) is 4.99. The van der Waals surface area contributed by atoms with Crippen molar-refractivity contribution in [1.82, 2.24) is 0 Å². The molecule has 0 saturated carbocycles. The van der Waals surface area contributed by atoms with E-state index in [1.165, 1.54) is 24.3 Å². The van der Waals surface area contributed by atoms with Gasteiger partial charge in [0.05, 0.1) is 32.7 Å². The van der Waals surface area contributed by atoms with Crippen LogP contribution >= 0.6 is 0 Å². The third-order valence-electron chi connectivity index (χ3n) is 6.84. The van der Waals surface area contributed by atoms with Crippen molar-refractivity contribution >= 4 is 35.0 Å². The SMILES string of the molecule is CCC1=C(CC)/C(=C/c2ccc([N+](=O)[O-])cc2)N=C1C1=N/C(=C\c2ccc([N+](=O)[O-])cc2)C(CC)=C1CC. The Hall–Kier alpha value is -4.46. The van der Waals surface area contributed by atoms with Crippen LogP contribution in [0.2, 0.25) is 0 Å². The van der Waals surface area contributed by atoms with Crippen LogP contribution in [-0.2, 0) is 0 Å². The molecule has 0 atom stereocenters. The predicted octanol–water partition coefficient (Wildman–Crippen LogP) is 8.03. The summed E-state index contributed by atoms with van der Waals surface area (Å²) >= 11 is 0. The Morgan fingerprint density at radius 1 is 0.579 bits per heavy atom. The first kappa shape index (κ1) is 26.6. The van der Waals surface area contributed by atoms with Gasteiger partial charge in [-0.1, -0.05) is 27.7 Å². The number of hydrogen-bond donors (Lipinski definition) is 0. The van der Waals surface area contributed by atoms with E-state index in [0.29, 0.717) is 0 Å². The van der Waals surface area contributed by atoms with Crippen LogP contribution in [0.3, 0.4) is 0 Å². The molecule has 2 aliphatic heterocycles. The van der Waals surface area contributed by atoms with E-state index < -0.39 is 9.85 Å². The number of nitro benzene ring substituents is 2. The summed E-state index contributed by atoms with van der Waals surface area (Å²) in [6.45, 7) is 8.46. The Morgan fingerprint density at radius 3 is 1.16 bits per heavy atom. The third-order valence-corrected chi connectivity index (χ3v) is 6.84. The van der Waals surface area contributed by atoms with E-state index in [9.17, 15) is 20.2 Å². The van der Waals surface area contributed by atoms with Crippen LogP contribution < -0.4 is 0 Å². The molecule has 2 aromatic rings. The van der Waals surface area contributed by atoms with Crippen LogP contribution in [0.25, 0.3) is 12.2 Å². The number of nitro groups is 2. The quantitative estimate of drug-likeness (QED) is 0.251. The van der Waals surface area contributed by atoms with E-state index in [-0.39, 0.29) is 11.4 Å². The van der Waals surface area contributed by atoms with Gasteiger partial charge >= 0.3 is 0 Å². The zero-order valence-electron chi connectivity index (χ0n) is 22.0. The zero-order chi connectivity index (χ0) is 27.4. The average molecular weight is 511 g/mol. The van der Waals surface area contributed by atoms with Gasteiger partial charge in [-0.25, -0.2) is 9.98 Å². The summed E-state index contributed by atoms with van der Waals surface area (Å²) in [4.78, 5) is 31.4. The Kier molecular flexibility index (Phi) is 7.90. The van der Waals surface area contributed by atoms with Crippen LogP contribution in [0, 0.1) is 20.2 Å². The molecule has 2 heterocycles. The lowest BCUT2D eigenvalue weighted by atomic mass is 9.91. The number of benzene rings is 2. The highest BCUT2D eigenvalue weighted by atomic mass is 16.6. The van der Waals surface area contributed by atoms with E-state index in [0.717, 1.165) is 81.9 Å². The summed E-state index contributed by atoms with van der Waals surface area (Å²) in [5.41, 5.74) is 9.94. The van der Waals surface area contributed by atoms with Gasteiger partial charge in [0.2, 0.25) is 0 Å². The molecule has 0 fully saturated rings. The second kappa shape index (κ2) is 11.3. The van der Waals surface area contributed by atoms with Crippen molar-refractivity contribution in [3.63, 3.8) is 0 Å². The molecule has 0 spiro atoms. The number of aliphatic imine (C=N–C) groups is 2. The molecule has 194 valence electrons. The fraction of sp³-hybridized carbons (Fsp3) is 0.267. The highest BCUT2D eigenvalue weighted by Crippen LogP contribution is 2.38. The van der Waals surface area contributed by atoms with Crippen molar-refractivity contribution in [2.45, 2.75) is 53.4 Å². The summed E-state index contributed by atoms with van der Waals surface area (Å²) in [6.07, 6.45) is 7.17. The summed E-state index contributed by atoms with van der Waals surface area (Å²) in [7, 11) is 0. The predicted molar refractivity (Wildman–Crippen MR) is 152 cm³/mol. The molecule has 2 aliphatic rings. The number of allylic oxidation sites excluding steroid dienone is 4. The Labute approximate surface area is 221 Å². The molecule has 0 bridgehead atoms. The molecule has 2 aromatic carbocycles. The number of non-ortho nitro benzene ring substituents is 2. The Bertz CT molecular complexity index is 1360. The highest BCUT2D eigenvalue weighted by Gasteiger charge is 2.31. The smallest absolute Gasteiger partial charge is 0.258 e. The molecule has 0 aliphatic carbocycles. The Balaban J connectivity index is 1.79. The van der Waals surface area contributed by atoms with Crippen molar-refractivity contribution in [1.29, 1.82) is 0 Å². The maximum atomic E-state index is 11.0. The minimum absolute atomic E-state index is 0.0562. The molecule has 0 saturated heterocycles. The largest absolute Gasteiger partial charge is 0.269 e. The maximum Gasteiger partial charge on any atom is 0.269 e. The molecule has 0 aromatic heterocycles. The van der Waals surface area contributed by atoms with Crippen LogP contribution in [0.5, 0.6) is 0 Å². The third kappa shape index (κ3) is 5.16. The minimum Gasteiger partial charge on any atom is -0.258 e. The van der Waals surface area contributed by atoms with E-state index >= 15 is 0 Å². The Morgan fingerprint density at radius 2 is 0.895 bits per heavy atom. The summed E-state index contributed by atoms with van der Waals surface area (Å²) in [5, 5.41) is 22.1. The molecular weight excluding hydrogens is 480 g/mol. The molecular formula is C30H30N4O4. The van der Waals surface area contributed by atoms with Crippen molar-refractivity contribution in [2.24, 2.45) is 9.98 Å². The van der Waals surface area contributed by atoms with E-state index in [1.807, 2.05) is 12.2 Å². The van der Waals surface area contributed by atoms with Gasteiger partial charge in [-0.3, -0.25) is 20.2 Å². The van der Waals surface area contributed by atoms with Crippen LogP contribution in [0.1, 0.15) is 64.5 Å². The number of nitrogens with zero attached hydrogens (tertiary/aromatic N) is 4. The van der Waals surface area contributed by atoms with Gasteiger partial charge in [-0.05, 0) is 95.5 Å². The summed E-state index contributed by atoms with van der Waals surface area (Å²) in [6, 6.07) is 13.0. The van der Waals surface area contributed by atoms with Gasteiger partial charge in [0.1, 0.15) is 0 Å². The zero-order valence-corrected chi connectivity index (χ0v) is 22.0. The normalized spacial score (nSPS) is 17.5. The minimum atomic E-state index is -0.404. The van der Waals surface area contributed by atoms with E-state index in [1.54, 1.807) is 24.3 Å². The van der Waals surface area contributed by atoms with Gasteiger partial charge in [0.15, 0.2) is 0 Å². The lowest BCUT2D eigenvalue weighted by molar-refractivity contribution is -0.385. The standard InChI is InChI=1S/C30H30N4O4/c1-5-23-25(7-3)29(31-27(23)17-19-9-13-21(14-10-19)33(35)36)30-26(8-4)24(6-2)28(32-30)18-20-11-15-22(16-12-20)34(37)38/h9-18H,5-8H2,1-4H3/b27-17-,28-18-. The van der Waals surface area contributed by atoms with E-state index in [2.05, 4.69) is 27.7 Å². The van der Waals surface area contributed by atoms with Crippen LogP contribution in [0.4, 0.5) is 11.4 Å². The topological polar surface area (TPSA) is 111 Å². The fourth-order valence-electron chi connectivity index (χ4n) is 4.99. The number of hydrogen-bond acceptors (Lipinski definition) is 6. The molecule has 0 radical (unpaired) electrons. The number of rotatable bonds is 9. The lowest BCUT2D eigenvalue weighted by Crippen LogP contribution is -2.16. The first-order valence-corrected chi connectivity index (χ1v) is 12.9. The van der Waals surface area contributed by atoms with E-state index in [4.69, 9.17) is 9.98 Å². The average Bonchev–Trinajstić information content (AvgIpc) is 3.45. The second-order valence-corrected chi connectivity index (χ2v) is 9.01. The van der Waals surface area contributed by atoms with Crippen molar-refractivity contribution in [2.75, 3.05) is 0 Å².